The predicted molar refractivity (Wildman–Crippen MR) is 82.0 cm³/mol. The highest BCUT2D eigenvalue weighted by molar-refractivity contribution is 5.94. The number of aliphatic hydroxyl groups excluding tert-OH is 1. The summed E-state index contributed by atoms with van der Waals surface area (Å²) in [6.07, 6.45) is 5.23. The van der Waals surface area contributed by atoms with Gasteiger partial charge in [0.15, 0.2) is 0 Å². The van der Waals surface area contributed by atoms with Crippen LogP contribution in [0.5, 0.6) is 0 Å². The lowest BCUT2D eigenvalue weighted by Crippen LogP contribution is -1.87. The number of aromatic nitrogens is 2. The zero-order valence-corrected chi connectivity index (χ0v) is 11.3. The third-order valence-corrected chi connectivity index (χ3v) is 3.02. The number of nitrogens with zero attached hydrogens (tertiary/aromatic N) is 1. The van der Waals surface area contributed by atoms with Gasteiger partial charge < -0.3 is 21.6 Å². The number of nitrogen functional groups attached to an aromatic ring is 1. The van der Waals surface area contributed by atoms with Crippen LogP contribution in [0.25, 0.3) is 22.0 Å². The molecule has 0 saturated carbocycles. The molecule has 0 aliphatic heterocycles. The fraction of sp³-hybridized carbons (Fsp3) is 0.133. The number of nitrogens with one attached hydrogen (secondary N) is 1. The van der Waals surface area contributed by atoms with Crippen molar-refractivity contribution in [3.8, 4) is 11.1 Å². The maximum Gasteiger partial charge on any atom is 0.0697 e. The summed E-state index contributed by atoms with van der Waals surface area (Å²) < 4.78 is 0. The summed E-state index contributed by atoms with van der Waals surface area (Å²) in [5.74, 6) is 0. The Balaban J connectivity index is 0.000000704. The van der Waals surface area contributed by atoms with Gasteiger partial charge >= 0.3 is 0 Å². The maximum atomic E-state index is 9.13. The molecule has 0 amide bonds. The molecule has 0 spiro atoms. The Morgan fingerprint density at radius 3 is 2.70 bits per heavy atom. The van der Waals surface area contributed by atoms with Crippen molar-refractivity contribution in [1.29, 1.82) is 0 Å². The second-order valence-corrected chi connectivity index (χ2v) is 4.24. The average Bonchev–Trinajstić information content (AvgIpc) is 2.90. The highest BCUT2D eigenvalue weighted by Crippen LogP contribution is 2.27. The number of H-pyrrole nitrogens is 1. The van der Waals surface area contributed by atoms with Crippen molar-refractivity contribution in [2.24, 2.45) is 5.73 Å². The summed E-state index contributed by atoms with van der Waals surface area (Å²) in [4.78, 5) is 7.23. The largest absolute Gasteiger partial charge is 0.397 e. The molecule has 1 aromatic carbocycles. The topological polar surface area (TPSA) is 101 Å². The van der Waals surface area contributed by atoms with Crippen molar-refractivity contribution < 1.29 is 5.11 Å². The van der Waals surface area contributed by atoms with Gasteiger partial charge in [0.25, 0.3) is 0 Å². The number of nitrogens with two attached hydrogens (primary N) is 2. The smallest absolute Gasteiger partial charge is 0.0697 e. The average molecular weight is 270 g/mol. The van der Waals surface area contributed by atoms with Crippen LogP contribution in [-0.4, -0.2) is 22.1 Å². The Hall–Kier alpha value is -2.37. The third kappa shape index (κ3) is 2.64. The van der Waals surface area contributed by atoms with Crippen molar-refractivity contribution in [1.82, 2.24) is 9.97 Å². The van der Waals surface area contributed by atoms with Crippen LogP contribution in [0.4, 0.5) is 5.69 Å². The molecule has 0 aliphatic carbocycles. The Bertz CT molecular complexity index is 706. The van der Waals surface area contributed by atoms with E-state index in [4.69, 9.17) is 10.8 Å². The summed E-state index contributed by atoms with van der Waals surface area (Å²) in [6, 6.07) is 7.96. The number of aromatic amines is 1. The fourth-order valence-corrected chi connectivity index (χ4v) is 2.05. The quantitative estimate of drug-likeness (QED) is 0.571. The Kier molecular flexibility index (Phi) is 4.34. The molecule has 3 aromatic rings. The molecular weight excluding hydrogens is 252 g/mol. The molecule has 20 heavy (non-hydrogen) atoms. The molecule has 0 fully saturated rings. The van der Waals surface area contributed by atoms with Crippen LogP contribution in [0.3, 0.4) is 0 Å². The van der Waals surface area contributed by atoms with Gasteiger partial charge in [-0.2, -0.15) is 0 Å². The minimum atomic E-state index is -0.00459. The Labute approximate surface area is 117 Å². The number of pyridine rings is 1. The molecular formula is C15H18N4O. The molecule has 5 heteroatoms. The van der Waals surface area contributed by atoms with Crippen LogP contribution < -0.4 is 11.5 Å². The maximum absolute atomic E-state index is 9.13. The highest BCUT2D eigenvalue weighted by Gasteiger charge is 2.04. The van der Waals surface area contributed by atoms with Gasteiger partial charge in [-0.25, -0.2) is 0 Å². The van der Waals surface area contributed by atoms with Crippen LogP contribution in [0, 0.1) is 0 Å². The Morgan fingerprint density at radius 1 is 1.15 bits per heavy atom. The second-order valence-electron chi connectivity index (χ2n) is 4.24. The molecule has 3 rings (SSSR count). The number of fused-ring (bicyclic) bond motifs is 1. The van der Waals surface area contributed by atoms with E-state index in [0.717, 1.165) is 33.3 Å². The molecule has 2 aromatic heterocycles. The first-order valence-electron chi connectivity index (χ1n) is 6.27. The van der Waals surface area contributed by atoms with E-state index in [2.05, 4.69) is 15.7 Å². The van der Waals surface area contributed by atoms with E-state index in [1.807, 2.05) is 24.3 Å². The normalized spacial score (nSPS) is 10.2. The summed E-state index contributed by atoms with van der Waals surface area (Å²) >= 11 is 0. The number of rotatable bonds is 2. The zero-order valence-electron chi connectivity index (χ0n) is 11.3. The van der Waals surface area contributed by atoms with Crippen molar-refractivity contribution in [3.63, 3.8) is 0 Å². The minimum Gasteiger partial charge on any atom is -0.397 e. The first-order valence-corrected chi connectivity index (χ1v) is 6.27. The van der Waals surface area contributed by atoms with E-state index < -0.39 is 0 Å². The SMILES string of the molecule is CN.Nc1c[nH]c2ccc(-c3cncc(CO)c3)cc12. The van der Waals surface area contributed by atoms with Crippen molar-refractivity contribution in [2.75, 3.05) is 12.8 Å². The molecule has 5 nitrogen and oxygen atoms in total. The third-order valence-electron chi connectivity index (χ3n) is 3.02. The van der Waals surface area contributed by atoms with Gasteiger partial charge in [0.05, 0.1) is 12.3 Å². The van der Waals surface area contributed by atoms with E-state index in [1.165, 1.54) is 7.05 Å². The van der Waals surface area contributed by atoms with E-state index >= 15 is 0 Å². The van der Waals surface area contributed by atoms with Gasteiger partial charge in [0, 0.05) is 35.1 Å². The molecule has 0 radical (unpaired) electrons. The monoisotopic (exact) mass is 270 g/mol. The van der Waals surface area contributed by atoms with E-state index in [0.29, 0.717) is 0 Å². The summed E-state index contributed by atoms with van der Waals surface area (Å²) in [7, 11) is 1.50. The molecule has 0 aliphatic rings. The van der Waals surface area contributed by atoms with Crippen LogP contribution in [0.1, 0.15) is 5.56 Å². The summed E-state index contributed by atoms with van der Waals surface area (Å²) in [5.41, 5.74) is 15.0. The standard InChI is InChI=1S/C14H13N3O.CH5N/c15-13-7-17-14-2-1-10(4-12(13)14)11-3-9(8-18)5-16-6-11;1-2/h1-7,17-18H,8,15H2;2H2,1H3. The second kappa shape index (κ2) is 6.18. The van der Waals surface area contributed by atoms with Gasteiger partial charge in [-0.1, -0.05) is 6.07 Å². The summed E-state index contributed by atoms with van der Waals surface area (Å²) in [5, 5.41) is 10.1. The highest BCUT2D eigenvalue weighted by atomic mass is 16.3. The fourth-order valence-electron chi connectivity index (χ4n) is 2.05. The zero-order chi connectivity index (χ0) is 14.5. The van der Waals surface area contributed by atoms with Gasteiger partial charge in [-0.15, -0.1) is 0 Å². The first-order chi connectivity index (χ1) is 9.78. The minimum absolute atomic E-state index is 0.00459. The van der Waals surface area contributed by atoms with Crippen LogP contribution in [0.2, 0.25) is 0 Å². The van der Waals surface area contributed by atoms with Crippen LogP contribution >= 0.6 is 0 Å². The lowest BCUT2D eigenvalue weighted by atomic mass is 10.0. The number of anilines is 1. The van der Waals surface area contributed by atoms with Crippen molar-refractivity contribution >= 4 is 16.6 Å². The molecule has 0 bridgehead atoms. The summed E-state index contributed by atoms with van der Waals surface area (Å²) in [6.45, 7) is -0.00459. The first kappa shape index (κ1) is 14.0. The molecule has 0 atom stereocenters. The van der Waals surface area contributed by atoms with Crippen molar-refractivity contribution in [2.45, 2.75) is 6.61 Å². The molecule has 2 heterocycles. The van der Waals surface area contributed by atoms with E-state index in [-0.39, 0.29) is 6.61 Å². The number of hydrogen-bond acceptors (Lipinski definition) is 4. The van der Waals surface area contributed by atoms with Gasteiger partial charge in [0.1, 0.15) is 0 Å². The molecule has 0 saturated heterocycles. The van der Waals surface area contributed by atoms with E-state index in [9.17, 15) is 0 Å². The van der Waals surface area contributed by atoms with Crippen molar-refractivity contribution in [3.05, 3.63) is 48.4 Å². The molecule has 0 unspecified atom stereocenters. The van der Waals surface area contributed by atoms with Gasteiger partial charge in [0.2, 0.25) is 0 Å². The van der Waals surface area contributed by atoms with Crippen LogP contribution in [0.15, 0.2) is 42.9 Å². The van der Waals surface area contributed by atoms with Gasteiger partial charge in [-0.3, -0.25) is 4.98 Å². The lowest BCUT2D eigenvalue weighted by Gasteiger charge is -2.04. The predicted octanol–water partition coefficient (Wildman–Crippen LogP) is 1.88. The van der Waals surface area contributed by atoms with Gasteiger partial charge in [-0.05, 0) is 36.4 Å². The van der Waals surface area contributed by atoms with Crippen LogP contribution in [-0.2, 0) is 6.61 Å². The molecule has 104 valence electrons. The molecule has 6 N–H and O–H groups in total. The lowest BCUT2D eigenvalue weighted by molar-refractivity contribution is 0.281. The number of aliphatic hydroxyl groups is 1. The Morgan fingerprint density at radius 2 is 1.95 bits per heavy atom. The number of benzene rings is 1. The van der Waals surface area contributed by atoms with E-state index in [1.54, 1.807) is 18.6 Å². The number of hydrogen-bond donors (Lipinski definition) is 4.